The normalized spacial score (nSPS) is 22.7. The van der Waals surface area contributed by atoms with Crippen molar-refractivity contribution in [1.29, 1.82) is 0 Å². The molecule has 5 nitrogen and oxygen atoms in total. The number of rotatable bonds is 3. The Kier molecular flexibility index (Phi) is 4.60. The van der Waals surface area contributed by atoms with Crippen LogP contribution in [0.2, 0.25) is 10.0 Å². The molecule has 1 aliphatic carbocycles. The minimum atomic E-state index is -4.66. The van der Waals surface area contributed by atoms with E-state index in [1.807, 2.05) is 19.9 Å². The molecular weight excluding hydrogens is 395 g/mol. The molecule has 1 aromatic carbocycles. The van der Waals surface area contributed by atoms with Crippen LogP contribution in [0.15, 0.2) is 48.2 Å². The number of nitrogens with one attached hydrogen (secondary N) is 1. The minimum Gasteiger partial charge on any atom is -0.284 e. The van der Waals surface area contributed by atoms with Crippen LogP contribution in [0.25, 0.3) is 5.57 Å². The van der Waals surface area contributed by atoms with Crippen molar-refractivity contribution in [3.05, 3.63) is 69.5 Å². The molecule has 2 N–H and O–H groups in total. The average Bonchev–Trinajstić information content (AvgIpc) is 2.99. The number of hydrogen-bond acceptors (Lipinski definition) is 3. The van der Waals surface area contributed by atoms with Crippen LogP contribution in [0.5, 0.6) is 0 Å². The summed E-state index contributed by atoms with van der Waals surface area (Å²) in [4.78, 5) is 0. The molecular formula is C18H18Cl2N2O3S. The molecule has 2 aromatic rings. The fourth-order valence-electron chi connectivity index (χ4n) is 3.67. The van der Waals surface area contributed by atoms with Crippen molar-refractivity contribution in [2.45, 2.75) is 25.5 Å². The number of halogens is 2. The summed E-state index contributed by atoms with van der Waals surface area (Å²) in [6.07, 6.45) is 5.13. The molecule has 0 amide bonds. The predicted molar refractivity (Wildman–Crippen MR) is 104 cm³/mol. The predicted octanol–water partition coefficient (Wildman–Crippen LogP) is 4.87. The largest absolute Gasteiger partial charge is 0.284 e. The number of aromatic amines is 1. The molecule has 1 heterocycles. The van der Waals surface area contributed by atoms with Gasteiger partial charge in [-0.25, -0.2) is 0 Å². The first-order valence-corrected chi connectivity index (χ1v) is 10.0. The Balaban J connectivity index is 2.48. The van der Waals surface area contributed by atoms with Gasteiger partial charge in [0.2, 0.25) is 0 Å². The Hall–Kier alpha value is -1.60. The lowest BCUT2D eigenvalue weighted by molar-refractivity contribution is 0.458. The Morgan fingerprint density at radius 2 is 1.85 bits per heavy atom. The van der Waals surface area contributed by atoms with Crippen molar-refractivity contribution < 1.29 is 13.0 Å². The van der Waals surface area contributed by atoms with Crippen molar-refractivity contribution in [3.8, 4) is 0 Å². The molecule has 3 rings (SSSR count). The van der Waals surface area contributed by atoms with E-state index in [1.165, 1.54) is 18.3 Å². The molecule has 26 heavy (non-hydrogen) atoms. The number of hydrogen-bond donors (Lipinski definition) is 2. The summed E-state index contributed by atoms with van der Waals surface area (Å²) in [5, 5.41) is 7.25. The zero-order valence-electron chi connectivity index (χ0n) is 14.4. The number of nitrogens with zero attached hydrogens (tertiary/aromatic N) is 1. The van der Waals surface area contributed by atoms with Crippen molar-refractivity contribution >= 4 is 38.9 Å². The van der Waals surface area contributed by atoms with Crippen LogP contribution in [0, 0.1) is 5.41 Å². The fraction of sp³-hybridized carbons (Fsp3) is 0.278. The molecule has 8 heteroatoms. The second kappa shape index (κ2) is 6.23. The molecule has 0 saturated carbocycles. The molecule has 138 valence electrons. The van der Waals surface area contributed by atoms with Gasteiger partial charge in [0, 0.05) is 32.8 Å². The molecule has 0 radical (unpaired) electrons. The smallest absolute Gasteiger partial charge is 0.283 e. The van der Waals surface area contributed by atoms with Crippen molar-refractivity contribution in [1.82, 2.24) is 10.2 Å². The van der Waals surface area contributed by atoms with E-state index < -0.39 is 20.3 Å². The molecule has 1 unspecified atom stereocenters. The van der Waals surface area contributed by atoms with Gasteiger partial charge in [-0.15, -0.1) is 0 Å². The van der Waals surface area contributed by atoms with Crippen LogP contribution in [-0.4, -0.2) is 23.2 Å². The molecule has 1 aliphatic rings. The maximum absolute atomic E-state index is 12.8. The topological polar surface area (TPSA) is 83.0 Å². The molecule has 1 aromatic heterocycles. The zero-order valence-corrected chi connectivity index (χ0v) is 16.7. The van der Waals surface area contributed by atoms with Crippen LogP contribution in [-0.2, 0) is 14.9 Å². The van der Waals surface area contributed by atoms with Gasteiger partial charge >= 0.3 is 0 Å². The van der Waals surface area contributed by atoms with E-state index in [-0.39, 0.29) is 10.6 Å². The highest BCUT2D eigenvalue weighted by molar-refractivity contribution is 7.87. The highest BCUT2D eigenvalue weighted by Gasteiger charge is 2.54. The van der Waals surface area contributed by atoms with Gasteiger partial charge in [-0.05, 0) is 30.7 Å². The maximum Gasteiger partial charge on any atom is 0.283 e. The van der Waals surface area contributed by atoms with E-state index in [2.05, 4.69) is 10.2 Å². The van der Waals surface area contributed by atoms with Crippen LogP contribution >= 0.6 is 23.2 Å². The second-order valence-corrected chi connectivity index (χ2v) is 9.36. The third-order valence-electron chi connectivity index (χ3n) is 4.53. The van der Waals surface area contributed by atoms with Gasteiger partial charge in [0.1, 0.15) is 0 Å². The Labute approximate surface area is 162 Å². The van der Waals surface area contributed by atoms with Crippen molar-refractivity contribution in [2.75, 3.05) is 0 Å². The Morgan fingerprint density at radius 3 is 2.38 bits per heavy atom. The van der Waals surface area contributed by atoms with Gasteiger partial charge in [-0.1, -0.05) is 55.3 Å². The summed E-state index contributed by atoms with van der Waals surface area (Å²) in [6.45, 7) is 5.57. The maximum atomic E-state index is 12.8. The molecule has 0 bridgehead atoms. The summed E-state index contributed by atoms with van der Waals surface area (Å²) in [7, 11) is -4.66. The standard InChI is InChI=1S/C18H18Cl2N2O3S/c1-11-9-17(2,3)10-14(16-6-7-21-22-16)18(11,26(23,24)25)13-5-4-12(19)8-15(13)20/h4-10H,1-3H3,(H,21,22)(H,23,24,25). The van der Waals surface area contributed by atoms with E-state index in [4.69, 9.17) is 23.2 Å². The van der Waals surface area contributed by atoms with Crippen molar-refractivity contribution in [2.24, 2.45) is 5.41 Å². The number of H-pyrrole nitrogens is 1. The minimum absolute atomic E-state index is 0.146. The number of allylic oxidation sites excluding steroid dienone is 2. The van der Waals surface area contributed by atoms with Gasteiger partial charge in [0.15, 0.2) is 4.75 Å². The van der Waals surface area contributed by atoms with Gasteiger partial charge < -0.3 is 0 Å². The van der Waals surface area contributed by atoms with Gasteiger partial charge in [-0.2, -0.15) is 13.5 Å². The highest BCUT2D eigenvalue weighted by Crippen LogP contribution is 2.54. The highest BCUT2D eigenvalue weighted by atomic mass is 35.5. The van der Waals surface area contributed by atoms with E-state index in [1.54, 1.807) is 25.1 Å². The second-order valence-electron chi connectivity index (χ2n) is 6.96. The lowest BCUT2D eigenvalue weighted by Gasteiger charge is -2.40. The Morgan fingerprint density at radius 1 is 1.15 bits per heavy atom. The summed E-state index contributed by atoms with van der Waals surface area (Å²) in [6, 6.07) is 6.19. The summed E-state index contributed by atoms with van der Waals surface area (Å²) < 4.78 is 34.2. The SMILES string of the molecule is CC1=CC(C)(C)C=C(c2ccn[nH]2)C1(c1ccc(Cl)cc1Cl)S(=O)(=O)O. The first kappa shape index (κ1) is 19.2. The van der Waals surface area contributed by atoms with E-state index in [0.29, 0.717) is 21.9 Å². The number of benzene rings is 1. The number of aromatic nitrogens is 2. The average molecular weight is 413 g/mol. The third kappa shape index (κ3) is 2.91. The summed E-state index contributed by atoms with van der Waals surface area (Å²) >= 11 is 12.4. The third-order valence-corrected chi connectivity index (χ3v) is 6.61. The lowest BCUT2D eigenvalue weighted by Crippen LogP contribution is -2.41. The quantitative estimate of drug-likeness (QED) is 0.556. The van der Waals surface area contributed by atoms with Crippen LogP contribution in [0.1, 0.15) is 32.0 Å². The summed E-state index contributed by atoms with van der Waals surface area (Å²) in [5.41, 5.74) is 1.09. The monoisotopic (exact) mass is 412 g/mol. The first-order chi connectivity index (χ1) is 12.0. The Bertz CT molecular complexity index is 1020. The molecule has 0 aliphatic heterocycles. The summed E-state index contributed by atoms with van der Waals surface area (Å²) in [5.74, 6) is 0. The molecule has 1 atom stereocenters. The van der Waals surface area contributed by atoms with Crippen LogP contribution < -0.4 is 0 Å². The molecule has 0 spiro atoms. The van der Waals surface area contributed by atoms with E-state index in [0.717, 1.165) is 0 Å². The first-order valence-electron chi connectivity index (χ1n) is 7.84. The van der Waals surface area contributed by atoms with Gasteiger partial charge in [0.05, 0.1) is 5.69 Å². The zero-order chi connectivity index (χ0) is 19.3. The van der Waals surface area contributed by atoms with Crippen LogP contribution in [0.4, 0.5) is 0 Å². The molecule has 0 saturated heterocycles. The van der Waals surface area contributed by atoms with Crippen LogP contribution in [0.3, 0.4) is 0 Å². The van der Waals surface area contributed by atoms with E-state index in [9.17, 15) is 13.0 Å². The lowest BCUT2D eigenvalue weighted by atomic mass is 9.72. The van der Waals surface area contributed by atoms with Crippen molar-refractivity contribution in [3.63, 3.8) is 0 Å². The molecule has 0 fully saturated rings. The van der Waals surface area contributed by atoms with Gasteiger partial charge in [0.25, 0.3) is 10.1 Å². The van der Waals surface area contributed by atoms with Gasteiger partial charge in [-0.3, -0.25) is 9.65 Å². The fourth-order valence-corrected chi connectivity index (χ4v) is 5.65. The van der Waals surface area contributed by atoms with E-state index >= 15 is 0 Å².